The first kappa shape index (κ1) is 17.0. The molecular formula is C15H17F3N2O. The van der Waals surface area contributed by atoms with Crippen molar-refractivity contribution in [1.82, 2.24) is 4.98 Å². The fourth-order valence-corrected chi connectivity index (χ4v) is 1.51. The minimum atomic E-state index is -4.36. The third-order valence-corrected chi connectivity index (χ3v) is 2.54. The van der Waals surface area contributed by atoms with Crippen LogP contribution in [-0.4, -0.2) is 12.0 Å². The number of halogens is 3. The predicted molar refractivity (Wildman–Crippen MR) is 74.9 cm³/mol. The van der Waals surface area contributed by atoms with E-state index in [2.05, 4.69) is 10.7 Å². The lowest BCUT2D eigenvalue weighted by atomic mass is 10.2. The fraction of sp³-hybridized carbons (Fsp3) is 0.267. The summed E-state index contributed by atoms with van der Waals surface area (Å²) in [5.41, 5.74) is 5.47. The van der Waals surface area contributed by atoms with E-state index in [9.17, 15) is 13.2 Å². The van der Waals surface area contributed by atoms with Crippen LogP contribution in [0.5, 0.6) is 5.75 Å². The van der Waals surface area contributed by atoms with Crippen molar-refractivity contribution in [3.63, 3.8) is 0 Å². The number of hydrogen-bond acceptors (Lipinski definition) is 3. The molecule has 2 N–H and O–H groups in total. The van der Waals surface area contributed by atoms with Crippen molar-refractivity contribution in [3.05, 3.63) is 59.4 Å². The van der Waals surface area contributed by atoms with Gasteiger partial charge in [0.1, 0.15) is 12.4 Å². The van der Waals surface area contributed by atoms with Crippen molar-refractivity contribution in [2.24, 2.45) is 5.73 Å². The molecule has 0 unspecified atom stereocenters. The molecule has 0 atom stereocenters. The number of benzene rings is 1. The average Bonchev–Trinajstić information content (AvgIpc) is 2.48. The lowest BCUT2D eigenvalue weighted by molar-refractivity contribution is -0.137. The number of pyridine rings is 1. The maximum atomic E-state index is 12.5. The topological polar surface area (TPSA) is 48.1 Å². The van der Waals surface area contributed by atoms with E-state index in [0.717, 1.165) is 23.4 Å². The number of nitrogens with two attached hydrogens (primary N) is 1. The summed E-state index contributed by atoms with van der Waals surface area (Å²) in [6.07, 6.45) is -2.71. The molecule has 0 fully saturated rings. The molecule has 1 aromatic carbocycles. The Morgan fingerprint density at radius 3 is 2.43 bits per heavy atom. The van der Waals surface area contributed by atoms with Gasteiger partial charge in [0, 0.05) is 17.5 Å². The molecule has 0 amide bonds. The van der Waals surface area contributed by atoms with Crippen molar-refractivity contribution in [2.45, 2.75) is 19.7 Å². The molecular weight excluding hydrogens is 281 g/mol. The Hall–Kier alpha value is -2.08. The van der Waals surface area contributed by atoms with Crippen LogP contribution in [0.15, 0.2) is 42.6 Å². The van der Waals surface area contributed by atoms with Gasteiger partial charge in [-0.25, -0.2) is 0 Å². The Morgan fingerprint density at radius 2 is 1.86 bits per heavy atom. The SMILES string of the molecule is CN.Cc1ccc(COc2cccc(C(F)(F)F)c2)cn1. The summed E-state index contributed by atoms with van der Waals surface area (Å²) in [5.74, 6) is 0.190. The van der Waals surface area contributed by atoms with Crippen LogP contribution in [0.1, 0.15) is 16.8 Å². The lowest BCUT2D eigenvalue weighted by Crippen LogP contribution is -2.05. The van der Waals surface area contributed by atoms with Gasteiger partial charge in [-0.15, -0.1) is 0 Å². The second-order valence-corrected chi connectivity index (χ2v) is 4.12. The van der Waals surface area contributed by atoms with Crippen LogP contribution in [0.3, 0.4) is 0 Å². The molecule has 3 nitrogen and oxygen atoms in total. The second kappa shape index (κ2) is 7.64. The van der Waals surface area contributed by atoms with Crippen LogP contribution in [0.4, 0.5) is 13.2 Å². The van der Waals surface area contributed by atoms with Gasteiger partial charge in [-0.2, -0.15) is 13.2 Å². The second-order valence-electron chi connectivity index (χ2n) is 4.12. The highest BCUT2D eigenvalue weighted by atomic mass is 19.4. The van der Waals surface area contributed by atoms with Gasteiger partial charge < -0.3 is 10.5 Å². The number of alkyl halides is 3. The standard InChI is InChI=1S/C14H12F3NO.CH5N/c1-10-5-6-11(8-18-10)9-19-13-4-2-3-12(7-13)14(15,16)17;1-2/h2-8H,9H2,1H3;2H2,1H3. The summed E-state index contributed by atoms with van der Waals surface area (Å²) in [7, 11) is 1.50. The summed E-state index contributed by atoms with van der Waals surface area (Å²) < 4.78 is 42.9. The molecule has 21 heavy (non-hydrogen) atoms. The van der Waals surface area contributed by atoms with E-state index in [1.165, 1.54) is 19.2 Å². The summed E-state index contributed by atoms with van der Waals surface area (Å²) >= 11 is 0. The van der Waals surface area contributed by atoms with E-state index in [-0.39, 0.29) is 12.4 Å². The number of hydrogen-bond donors (Lipinski definition) is 1. The average molecular weight is 298 g/mol. The van der Waals surface area contributed by atoms with Crippen LogP contribution >= 0.6 is 0 Å². The van der Waals surface area contributed by atoms with Gasteiger partial charge in [0.05, 0.1) is 5.56 Å². The first-order valence-electron chi connectivity index (χ1n) is 6.24. The van der Waals surface area contributed by atoms with Crippen molar-refractivity contribution >= 4 is 0 Å². The van der Waals surface area contributed by atoms with Gasteiger partial charge in [-0.3, -0.25) is 4.98 Å². The van der Waals surface area contributed by atoms with Gasteiger partial charge in [0.2, 0.25) is 0 Å². The van der Waals surface area contributed by atoms with Crippen molar-refractivity contribution in [1.29, 1.82) is 0 Å². The number of rotatable bonds is 3. The Balaban J connectivity index is 0.00000106. The van der Waals surface area contributed by atoms with Crippen molar-refractivity contribution in [3.8, 4) is 5.75 Å². The van der Waals surface area contributed by atoms with Crippen LogP contribution in [0.25, 0.3) is 0 Å². The smallest absolute Gasteiger partial charge is 0.416 e. The minimum Gasteiger partial charge on any atom is -0.489 e. The van der Waals surface area contributed by atoms with Gasteiger partial charge in [-0.1, -0.05) is 12.1 Å². The van der Waals surface area contributed by atoms with Gasteiger partial charge in [0.25, 0.3) is 0 Å². The summed E-state index contributed by atoms with van der Waals surface area (Å²) in [6, 6.07) is 8.48. The first-order valence-corrected chi connectivity index (χ1v) is 6.24. The number of ether oxygens (including phenoxy) is 1. The third-order valence-electron chi connectivity index (χ3n) is 2.54. The molecule has 0 radical (unpaired) electrons. The highest BCUT2D eigenvalue weighted by molar-refractivity contribution is 5.30. The van der Waals surface area contributed by atoms with Crippen molar-refractivity contribution in [2.75, 3.05) is 7.05 Å². The molecule has 0 saturated carbocycles. The van der Waals surface area contributed by atoms with E-state index in [1.807, 2.05) is 19.1 Å². The molecule has 1 aromatic heterocycles. The lowest BCUT2D eigenvalue weighted by Gasteiger charge is -2.10. The third kappa shape index (κ3) is 5.43. The summed E-state index contributed by atoms with van der Waals surface area (Å²) in [6.45, 7) is 2.05. The summed E-state index contributed by atoms with van der Waals surface area (Å²) in [4.78, 5) is 4.09. The molecule has 0 saturated heterocycles. The largest absolute Gasteiger partial charge is 0.489 e. The minimum absolute atomic E-state index is 0.189. The molecule has 0 spiro atoms. The quantitative estimate of drug-likeness (QED) is 0.942. The highest BCUT2D eigenvalue weighted by Gasteiger charge is 2.30. The Kier molecular flexibility index (Phi) is 6.17. The Morgan fingerprint density at radius 1 is 1.14 bits per heavy atom. The zero-order chi connectivity index (χ0) is 15.9. The summed E-state index contributed by atoms with van der Waals surface area (Å²) in [5, 5.41) is 0. The Bertz CT molecular complexity index is 554. The number of aryl methyl sites for hydroxylation is 1. The molecule has 0 aliphatic heterocycles. The molecule has 6 heteroatoms. The van der Waals surface area contributed by atoms with E-state index < -0.39 is 11.7 Å². The normalized spacial score (nSPS) is 10.6. The van der Waals surface area contributed by atoms with Gasteiger partial charge in [-0.05, 0) is 38.2 Å². The van der Waals surface area contributed by atoms with Crippen LogP contribution in [0, 0.1) is 6.92 Å². The number of aromatic nitrogens is 1. The van der Waals surface area contributed by atoms with Crippen LogP contribution < -0.4 is 10.5 Å². The predicted octanol–water partition coefficient (Wildman–Crippen LogP) is 3.56. The van der Waals surface area contributed by atoms with E-state index in [0.29, 0.717) is 0 Å². The zero-order valence-electron chi connectivity index (χ0n) is 11.8. The molecule has 1 heterocycles. The highest BCUT2D eigenvalue weighted by Crippen LogP contribution is 2.31. The first-order chi connectivity index (χ1) is 9.95. The monoisotopic (exact) mass is 298 g/mol. The molecule has 0 aliphatic carbocycles. The van der Waals surface area contributed by atoms with Crippen LogP contribution in [-0.2, 0) is 12.8 Å². The van der Waals surface area contributed by atoms with E-state index >= 15 is 0 Å². The number of nitrogens with zero attached hydrogens (tertiary/aromatic N) is 1. The maximum Gasteiger partial charge on any atom is 0.416 e. The maximum absolute atomic E-state index is 12.5. The Labute approximate surface area is 121 Å². The van der Waals surface area contributed by atoms with Gasteiger partial charge >= 0.3 is 6.18 Å². The van der Waals surface area contributed by atoms with E-state index in [1.54, 1.807) is 6.20 Å². The molecule has 0 aliphatic rings. The van der Waals surface area contributed by atoms with Gasteiger partial charge in [0.15, 0.2) is 0 Å². The molecule has 2 aromatic rings. The molecule has 2 rings (SSSR count). The fourth-order valence-electron chi connectivity index (χ4n) is 1.51. The van der Waals surface area contributed by atoms with Crippen molar-refractivity contribution < 1.29 is 17.9 Å². The molecule has 0 bridgehead atoms. The van der Waals surface area contributed by atoms with Crippen LogP contribution in [0.2, 0.25) is 0 Å². The van der Waals surface area contributed by atoms with E-state index in [4.69, 9.17) is 4.74 Å². The zero-order valence-corrected chi connectivity index (χ0v) is 11.8. The molecule has 114 valence electrons.